The zero-order chi connectivity index (χ0) is 17.6. The van der Waals surface area contributed by atoms with Gasteiger partial charge in [0.15, 0.2) is 0 Å². The van der Waals surface area contributed by atoms with Gasteiger partial charge < -0.3 is 10.1 Å². The second kappa shape index (κ2) is 8.38. The molecule has 0 fully saturated rings. The van der Waals surface area contributed by atoms with Crippen LogP contribution in [0.25, 0.3) is 10.6 Å². The molecule has 4 nitrogen and oxygen atoms in total. The summed E-state index contributed by atoms with van der Waals surface area (Å²) in [5.41, 5.74) is 2.70. The second-order valence-electron chi connectivity index (χ2n) is 5.66. The van der Waals surface area contributed by atoms with Gasteiger partial charge in [-0.1, -0.05) is 12.1 Å². The Hall–Kier alpha value is -2.02. The molecule has 0 radical (unpaired) electrons. The quantitative estimate of drug-likeness (QED) is 0.673. The number of benzene rings is 1. The third-order valence-electron chi connectivity index (χ3n) is 3.69. The van der Waals surface area contributed by atoms with Gasteiger partial charge in [-0.25, -0.2) is 4.98 Å². The van der Waals surface area contributed by atoms with E-state index >= 15 is 0 Å². The Labute approximate surface area is 155 Å². The molecule has 0 spiro atoms. The van der Waals surface area contributed by atoms with Crippen molar-refractivity contribution < 1.29 is 9.53 Å². The predicted molar refractivity (Wildman–Crippen MR) is 103 cm³/mol. The molecule has 2 aromatic heterocycles. The van der Waals surface area contributed by atoms with E-state index < -0.39 is 0 Å². The van der Waals surface area contributed by atoms with Crippen molar-refractivity contribution in [3.8, 4) is 10.6 Å². The Balaban J connectivity index is 1.53. The highest BCUT2D eigenvalue weighted by Gasteiger charge is 2.08. The van der Waals surface area contributed by atoms with Crippen LogP contribution in [0.15, 0.2) is 41.8 Å². The van der Waals surface area contributed by atoms with E-state index in [1.165, 1.54) is 9.75 Å². The predicted octanol–water partition coefficient (Wildman–Crippen LogP) is 4.30. The van der Waals surface area contributed by atoms with Crippen LogP contribution in [-0.2, 0) is 17.8 Å². The molecule has 0 atom stereocenters. The number of nitrogens with zero attached hydrogens (tertiary/aromatic N) is 1. The van der Waals surface area contributed by atoms with Crippen molar-refractivity contribution >= 4 is 28.6 Å². The summed E-state index contributed by atoms with van der Waals surface area (Å²) in [6, 6.07) is 11.7. The molecule has 1 N–H and O–H groups in total. The smallest absolute Gasteiger partial charge is 0.251 e. The van der Waals surface area contributed by atoms with Crippen molar-refractivity contribution in [3.63, 3.8) is 0 Å². The van der Waals surface area contributed by atoms with Crippen LogP contribution in [0.2, 0.25) is 0 Å². The van der Waals surface area contributed by atoms with Crippen molar-refractivity contribution in [3.05, 3.63) is 62.8 Å². The van der Waals surface area contributed by atoms with Crippen LogP contribution in [0.4, 0.5) is 0 Å². The number of thiazole rings is 1. The van der Waals surface area contributed by atoms with Gasteiger partial charge in [0, 0.05) is 29.5 Å². The molecule has 0 aliphatic rings. The first-order chi connectivity index (χ1) is 12.2. The summed E-state index contributed by atoms with van der Waals surface area (Å²) in [6.45, 7) is 3.14. The minimum Gasteiger partial charge on any atom is -0.380 e. The van der Waals surface area contributed by atoms with E-state index in [0.29, 0.717) is 18.7 Å². The van der Waals surface area contributed by atoms with Gasteiger partial charge in [0.1, 0.15) is 0 Å². The molecular formula is C19H20N2O2S2. The van der Waals surface area contributed by atoms with Crippen molar-refractivity contribution in [1.29, 1.82) is 0 Å². The van der Waals surface area contributed by atoms with Gasteiger partial charge in [-0.15, -0.1) is 22.7 Å². The van der Waals surface area contributed by atoms with Crippen LogP contribution >= 0.6 is 22.7 Å². The molecule has 6 heteroatoms. The summed E-state index contributed by atoms with van der Waals surface area (Å²) >= 11 is 3.39. The van der Waals surface area contributed by atoms with Crippen LogP contribution in [0.5, 0.6) is 0 Å². The van der Waals surface area contributed by atoms with Crippen LogP contribution < -0.4 is 5.32 Å². The van der Waals surface area contributed by atoms with Crippen molar-refractivity contribution in [1.82, 2.24) is 10.3 Å². The lowest BCUT2D eigenvalue weighted by molar-refractivity contribution is 0.0954. The normalized spacial score (nSPS) is 10.8. The number of aryl methyl sites for hydroxylation is 1. The molecule has 0 bridgehead atoms. The fourth-order valence-corrected chi connectivity index (χ4v) is 4.15. The van der Waals surface area contributed by atoms with E-state index in [-0.39, 0.29) is 5.91 Å². The second-order valence-corrected chi connectivity index (χ2v) is 7.89. The largest absolute Gasteiger partial charge is 0.380 e. The lowest BCUT2D eigenvalue weighted by Crippen LogP contribution is -2.25. The number of thiophene rings is 1. The summed E-state index contributed by atoms with van der Waals surface area (Å²) in [5, 5.41) is 6.14. The van der Waals surface area contributed by atoms with Crippen molar-refractivity contribution in [2.75, 3.05) is 13.7 Å². The molecule has 2 heterocycles. The lowest BCUT2D eigenvalue weighted by Gasteiger charge is -2.06. The maximum atomic E-state index is 12.3. The number of carbonyl (C=O) groups is 1. The van der Waals surface area contributed by atoms with E-state index in [1.807, 2.05) is 31.2 Å². The number of hydrogen-bond donors (Lipinski definition) is 1. The summed E-state index contributed by atoms with van der Waals surface area (Å²) < 4.78 is 5.11. The van der Waals surface area contributed by atoms with Gasteiger partial charge in [-0.2, -0.15) is 0 Å². The number of methoxy groups -OCH3 is 1. The molecule has 25 heavy (non-hydrogen) atoms. The third-order valence-corrected chi connectivity index (χ3v) is 5.63. The molecule has 1 amide bonds. The van der Waals surface area contributed by atoms with E-state index in [9.17, 15) is 4.79 Å². The number of ether oxygens (including phenoxy) is 1. The first-order valence-electron chi connectivity index (χ1n) is 8.03. The number of nitrogens with one attached hydrogen (secondary N) is 1. The lowest BCUT2D eigenvalue weighted by atomic mass is 10.1. The molecule has 3 rings (SSSR count). The maximum absolute atomic E-state index is 12.3. The van der Waals surface area contributed by atoms with Gasteiger partial charge in [0.25, 0.3) is 5.91 Å². The topological polar surface area (TPSA) is 51.2 Å². The Kier molecular flexibility index (Phi) is 5.96. The highest BCUT2D eigenvalue weighted by atomic mass is 32.1. The molecule has 130 valence electrons. The van der Waals surface area contributed by atoms with E-state index in [4.69, 9.17) is 4.74 Å². The summed E-state index contributed by atoms with van der Waals surface area (Å²) in [7, 11) is 1.65. The van der Waals surface area contributed by atoms with E-state index in [2.05, 4.69) is 27.8 Å². The third kappa shape index (κ3) is 4.75. The molecule has 0 aliphatic heterocycles. The van der Waals surface area contributed by atoms with Gasteiger partial charge >= 0.3 is 0 Å². The van der Waals surface area contributed by atoms with Gasteiger partial charge in [0.05, 0.1) is 22.2 Å². The first kappa shape index (κ1) is 17.8. The molecule has 1 aromatic carbocycles. The minimum atomic E-state index is -0.0511. The van der Waals surface area contributed by atoms with Gasteiger partial charge in [-0.3, -0.25) is 4.79 Å². The molecule has 3 aromatic rings. The molecule has 0 saturated carbocycles. The number of hydrogen-bond acceptors (Lipinski definition) is 5. The number of rotatable bonds is 7. The maximum Gasteiger partial charge on any atom is 0.251 e. The fraction of sp³-hybridized carbons (Fsp3) is 0.263. The number of carbonyl (C=O) groups excluding carboxylic acids is 1. The monoisotopic (exact) mass is 372 g/mol. The van der Waals surface area contributed by atoms with Crippen LogP contribution in [0, 0.1) is 6.92 Å². The zero-order valence-electron chi connectivity index (χ0n) is 14.2. The summed E-state index contributed by atoms with van der Waals surface area (Å²) in [5.74, 6) is -0.0511. The molecule has 0 unspecified atom stereocenters. The Morgan fingerprint density at radius 2 is 2.16 bits per heavy atom. The van der Waals surface area contributed by atoms with Gasteiger partial charge in [0.2, 0.25) is 0 Å². The SMILES string of the molecule is COCc1cccc(C(=O)NCCc2ccc(-c3csc(C)n3)s2)c1. The van der Waals surface area contributed by atoms with E-state index in [1.54, 1.807) is 29.8 Å². The first-order valence-corrected chi connectivity index (χ1v) is 9.72. The summed E-state index contributed by atoms with van der Waals surface area (Å²) in [4.78, 5) is 19.2. The van der Waals surface area contributed by atoms with Crippen molar-refractivity contribution in [2.45, 2.75) is 20.0 Å². The average molecular weight is 373 g/mol. The fourth-order valence-electron chi connectivity index (χ4n) is 2.50. The Bertz CT molecular complexity index is 854. The zero-order valence-corrected chi connectivity index (χ0v) is 15.9. The standard InChI is InChI=1S/C19H20N2O2S2/c1-13-21-17(12-24-13)18-7-6-16(25-18)8-9-20-19(22)15-5-3-4-14(10-15)11-23-2/h3-7,10,12H,8-9,11H2,1-2H3,(H,20,22). The van der Waals surface area contributed by atoms with Crippen LogP contribution in [0.3, 0.4) is 0 Å². The van der Waals surface area contributed by atoms with Gasteiger partial charge in [-0.05, 0) is 43.2 Å². The van der Waals surface area contributed by atoms with Crippen LogP contribution in [-0.4, -0.2) is 24.5 Å². The van der Waals surface area contributed by atoms with E-state index in [0.717, 1.165) is 22.7 Å². The molecular weight excluding hydrogens is 352 g/mol. The highest BCUT2D eigenvalue weighted by Crippen LogP contribution is 2.29. The Morgan fingerprint density at radius 3 is 2.92 bits per heavy atom. The number of amides is 1. The Morgan fingerprint density at radius 1 is 1.28 bits per heavy atom. The van der Waals surface area contributed by atoms with Crippen molar-refractivity contribution in [2.24, 2.45) is 0 Å². The van der Waals surface area contributed by atoms with Crippen LogP contribution in [0.1, 0.15) is 25.8 Å². The minimum absolute atomic E-state index is 0.0511. The average Bonchev–Trinajstić information content (AvgIpc) is 3.24. The number of aromatic nitrogens is 1. The molecule has 0 aliphatic carbocycles. The highest BCUT2D eigenvalue weighted by molar-refractivity contribution is 7.16. The molecule has 0 saturated heterocycles. The summed E-state index contributed by atoms with van der Waals surface area (Å²) in [6.07, 6.45) is 0.817.